The van der Waals surface area contributed by atoms with Gasteiger partial charge in [-0.15, -0.1) is 0 Å². The van der Waals surface area contributed by atoms with Gasteiger partial charge in [-0.1, -0.05) is 27.7 Å². The molecule has 0 amide bonds. The van der Waals surface area contributed by atoms with Crippen LogP contribution < -0.4 is 10.5 Å². The molecule has 4 nitrogen and oxygen atoms in total. The van der Waals surface area contributed by atoms with Crippen molar-refractivity contribution in [2.75, 3.05) is 12.3 Å². The number of nitrogens with one attached hydrogen (secondary N) is 1. The first-order valence-electron chi connectivity index (χ1n) is 6.81. The Kier molecular flexibility index (Phi) is 4.87. The molecular formula is C15H26N2O2S. The van der Waals surface area contributed by atoms with E-state index in [0.29, 0.717) is 17.8 Å². The summed E-state index contributed by atoms with van der Waals surface area (Å²) in [6, 6.07) is 3.45. The highest BCUT2D eigenvalue weighted by atomic mass is 32.2. The topological polar surface area (TPSA) is 72.2 Å². The number of aryl methyl sites for hydroxylation is 1. The molecule has 3 N–H and O–H groups in total. The number of hydrogen-bond acceptors (Lipinski definition) is 3. The maximum atomic E-state index is 12.4. The number of rotatable bonds is 4. The Hall–Kier alpha value is -1.07. The lowest BCUT2D eigenvalue weighted by atomic mass is 9.82. The van der Waals surface area contributed by atoms with E-state index in [9.17, 15) is 8.42 Å². The molecule has 5 heteroatoms. The molecule has 0 saturated carbocycles. The normalized spacial score (nSPS) is 14.3. The van der Waals surface area contributed by atoms with Crippen LogP contribution in [-0.2, 0) is 10.0 Å². The van der Waals surface area contributed by atoms with Gasteiger partial charge in [-0.2, -0.15) is 0 Å². The van der Waals surface area contributed by atoms with Crippen LogP contribution in [0.4, 0.5) is 5.69 Å². The molecule has 0 spiro atoms. The SMILES string of the molecule is Cc1cc(N)c(C)c(S(=O)(=O)NCC(C)C(C)(C)C)c1. The molecule has 1 unspecified atom stereocenters. The average molecular weight is 298 g/mol. The number of nitrogen functional groups attached to an aromatic ring is 1. The van der Waals surface area contributed by atoms with E-state index in [0.717, 1.165) is 5.56 Å². The molecule has 0 saturated heterocycles. The highest BCUT2D eigenvalue weighted by Gasteiger charge is 2.24. The second kappa shape index (κ2) is 5.74. The van der Waals surface area contributed by atoms with Gasteiger partial charge in [0, 0.05) is 12.2 Å². The van der Waals surface area contributed by atoms with E-state index in [2.05, 4.69) is 25.5 Å². The quantitative estimate of drug-likeness (QED) is 0.840. The number of anilines is 1. The van der Waals surface area contributed by atoms with Crippen molar-refractivity contribution < 1.29 is 8.42 Å². The summed E-state index contributed by atoms with van der Waals surface area (Å²) in [4.78, 5) is 0.274. The summed E-state index contributed by atoms with van der Waals surface area (Å²) in [5.74, 6) is 0.236. The number of sulfonamides is 1. The Bertz CT molecular complexity index is 587. The second-order valence-corrected chi connectivity index (χ2v) is 8.33. The third kappa shape index (κ3) is 3.96. The standard InChI is InChI=1S/C15H26N2O2S/c1-10-7-13(16)12(3)14(8-10)20(18,19)17-9-11(2)15(4,5)6/h7-8,11,17H,9,16H2,1-6H3. The number of nitrogens with two attached hydrogens (primary N) is 1. The van der Waals surface area contributed by atoms with E-state index in [-0.39, 0.29) is 16.2 Å². The molecule has 1 aromatic rings. The summed E-state index contributed by atoms with van der Waals surface area (Å²) in [5.41, 5.74) is 7.87. The highest BCUT2D eigenvalue weighted by Crippen LogP contribution is 2.26. The monoisotopic (exact) mass is 298 g/mol. The van der Waals surface area contributed by atoms with E-state index in [1.165, 1.54) is 0 Å². The van der Waals surface area contributed by atoms with Crippen LogP contribution >= 0.6 is 0 Å². The minimum atomic E-state index is -3.52. The van der Waals surface area contributed by atoms with Crippen LogP contribution in [0.1, 0.15) is 38.8 Å². The molecular weight excluding hydrogens is 272 g/mol. The van der Waals surface area contributed by atoms with Crippen LogP contribution in [0.2, 0.25) is 0 Å². The first kappa shape index (κ1) is 17.0. The van der Waals surface area contributed by atoms with Crippen LogP contribution in [0, 0.1) is 25.2 Å². The van der Waals surface area contributed by atoms with Gasteiger partial charge < -0.3 is 5.73 Å². The van der Waals surface area contributed by atoms with Crippen LogP contribution in [0.15, 0.2) is 17.0 Å². The maximum absolute atomic E-state index is 12.4. The lowest BCUT2D eigenvalue weighted by Gasteiger charge is -2.27. The average Bonchev–Trinajstić information content (AvgIpc) is 2.29. The largest absolute Gasteiger partial charge is 0.398 e. The minimum absolute atomic E-state index is 0.0587. The molecule has 0 fully saturated rings. The van der Waals surface area contributed by atoms with Gasteiger partial charge >= 0.3 is 0 Å². The molecule has 0 aromatic heterocycles. The van der Waals surface area contributed by atoms with Gasteiger partial charge in [0.15, 0.2) is 0 Å². The van der Waals surface area contributed by atoms with Crippen molar-refractivity contribution in [1.82, 2.24) is 4.72 Å². The zero-order valence-electron chi connectivity index (χ0n) is 13.2. The van der Waals surface area contributed by atoms with Gasteiger partial charge in [0.2, 0.25) is 10.0 Å². The van der Waals surface area contributed by atoms with Crippen molar-refractivity contribution in [3.8, 4) is 0 Å². The molecule has 114 valence electrons. The number of hydrogen-bond donors (Lipinski definition) is 2. The summed E-state index contributed by atoms with van der Waals surface area (Å²) >= 11 is 0. The summed E-state index contributed by atoms with van der Waals surface area (Å²) in [5, 5.41) is 0. The molecule has 1 rings (SSSR count). The Morgan fingerprint density at radius 3 is 2.30 bits per heavy atom. The van der Waals surface area contributed by atoms with Gasteiger partial charge in [0.25, 0.3) is 0 Å². The van der Waals surface area contributed by atoms with Gasteiger partial charge in [0.05, 0.1) is 4.90 Å². The van der Waals surface area contributed by atoms with Crippen molar-refractivity contribution in [2.24, 2.45) is 11.3 Å². The molecule has 0 heterocycles. The lowest BCUT2D eigenvalue weighted by molar-refractivity contribution is 0.263. The molecule has 20 heavy (non-hydrogen) atoms. The van der Waals surface area contributed by atoms with Gasteiger partial charge in [0.1, 0.15) is 0 Å². The third-order valence-electron chi connectivity index (χ3n) is 3.89. The van der Waals surface area contributed by atoms with Crippen LogP contribution in [0.25, 0.3) is 0 Å². The van der Waals surface area contributed by atoms with E-state index < -0.39 is 10.0 Å². The van der Waals surface area contributed by atoms with Gasteiger partial charge in [-0.25, -0.2) is 13.1 Å². The first-order chi connectivity index (χ1) is 8.95. The van der Waals surface area contributed by atoms with Crippen molar-refractivity contribution in [3.63, 3.8) is 0 Å². The molecule has 1 atom stereocenters. The fourth-order valence-corrected chi connectivity index (χ4v) is 3.24. The first-order valence-corrected chi connectivity index (χ1v) is 8.30. The van der Waals surface area contributed by atoms with E-state index in [1.54, 1.807) is 19.1 Å². The lowest BCUT2D eigenvalue weighted by Crippen LogP contribution is -2.34. The second-order valence-electron chi connectivity index (χ2n) is 6.60. The van der Waals surface area contributed by atoms with Crippen molar-refractivity contribution in [1.29, 1.82) is 0 Å². The smallest absolute Gasteiger partial charge is 0.240 e. The molecule has 0 radical (unpaired) electrons. The van der Waals surface area contributed by atoms with E-state index in [4.69, 9.17) is 5.73 Å². The molecule has 0 aliphatic carbocycles. The zero-order chi connectivity index (χ0) is 15.7. The van der Waals surface area contributed by atoms with Gasteiger partial charge in [-0.3, -0.25) is 0 Å². The van der Waals surface area contributed by atoms with E-state index in [1.807, 2.05) is 13.8 Å². The third-order valence-corrected chi connectivity index (χ3v) is 5.44. The molecule has 0 aliphatic heterocycles. The zero-order valence-corrected chi connectivity index (χ0v) is 14.1. The molecule has 0 aliphatic rings. The fraction of sp³-hybridized carbons (Fsp3) is 0.600. The van der Waals surface area contributed by atoms with Crippen molar-refractivity contribution in [2.45, 2.75) is 46.4 Å². The summed E-state index contributed by atoms with van der Waals surface area (Å²) in [6.45, 7) is 12.3. The minimum Gasteiger partial charge on any atom is -0.398 e. The Balaban J connectivity index is 3.02. The Morgan fingerprint density at radius 1 is 1.25 bits per heavy atom. The van der Waals surface area contributed by atoms with E-state index >= 15 is 0 Å². The van der Waals surface area contributed by atoms with Crippen LogP contribution in [-0.4, -0.2) is 15.0 Å². The van der Waals surface area contributed by atoms with Crippen LogP contribution in [0.5, 0.6) is 0 Å². The van der Waals surface area contributed by atoms with Crippen molar-refractivity contribution >= 4 is 15.7 Å². The fourth-order valence-electron chi connectivity index (χ4n) is 1.75. The number of benzene rings is 1. The summed E-state index contributed by atoms with van der Waals surface area (Å²) in [7, 11) is -3.52. The summed E-state index contributed by atoms with van der Waals surface area (Å²) in [6.07, 6.45) is 0. The predicted molar refractivity (Wildman–Crippen MR) is 84.1 cm³/mol. The maximum Gasteiger partial charge on any atom is 0.240 e. The highest BCUT2D eigenvalue weighted by molar-refractivity contribution is 7.89. The summed E-state index contributed by atoms with van der Waals surface area (Å²) < 4.78 is 27.5. The molecule has 0 bridgehead atoms. The Labute approximate surface area is 122 Å². The van der Waals surface area contributed by atoms with Crippen molar-refractivity contribution in [3.05, 3.63) is 23.3 Å². The van der Waals surface area contributed by atoms with Gasteiger partial charge in [-0.05, 0) is 48.4 Å². The van der Waals surface area contributed by atoms with Crippen LogP contribution in [0.3, 0.4) is 0 Å². The predicted octanol–water partition coefficient (Wildman–Crippen LogP) is 2.85. The molecule has 1 aromatic carbocycles. The Morgan fingerprint density at radius 2 is 1.80 bits per heavy atom.